The molecule has 0 saturated heterocycles. The summed E-state index contributed by atoms with van der Waals surface area (Å²) < 4.78 is 14.1. The van der Waals surface area contributed by atoms with Crippen molar-refractivity contribution in [3.8, 4) is 22.8 Å². The van der Waals surface area contributed by atoms with Gasteiger partial charge in [0.25, 0.3) is 0 Å². The number of hydrogen-bond acceptors (Lipinski definition) is 4. The van der Waals surface area contributed by atoms with Crippen molar-refractivity contribution in [3.05, 3.63) is 48.8 Å². The minimum absolute atomic E-state index is 0.616. The Labute approximate surface area is 124 Å². The van der Waals surface area contributed by atoms with Gasteiger partial charge in [-0.1, -0.05) is 12.1 Å². The Morgan fingerprint density at radius 3 is 2.38 bits per heavy atom. The van der Waals surface area contributed by atoms with Gasteiger partial charge in [0.2, 0.25) is 0 Å². The van der Waals surface area contributed by atoms with E-state index >= 15 is 0 Å². The molecular formula is C15H12N4OS. The number of pyridine rings is 2. The summed E-state index contributed by atoms with van der Waals surface area (Å²) in [6, 6.07) is 11.5. The van der Waals surface area contributed by atoms with Crippen LogP contribution in [-0.2, 0) is 17.3 Å². The highest BCUT2D eigenvalue weighted by Gasteiger charge is 2.28. The van der Waals surface area contributed by atoms with Crippen LogP contribution in [0.1, 0.15) is 0 Å². The van der Waals surface area contributed by atoms with E-state index in [0.29, 0.717) is 17.5 Å². The number of nitrogens with zero attached hydrogens (tertiary/aromatic N) is 4. The summed E-state index contributed by atoms with van der Waals surface area (Å²) in [7, 11) is -1.04. The van der Waals surface area contributed by atoms with Crippen LogP contribution in [0, 0.1) is 0 Å². The zero-order valence-corrected chi connectivity index (χ0v) is 12.0. The molecule has 3 aromatic rings. The van der Waals surface area contributed by atoms with Crippen LogP contribution in [0.3, 0.4) is 0 Å². The van der Waals surface area contributed by atoms with Gasteiger partial charge >= 0.3 is 0 Å². The number of rotatable bonds is 2. The predicted octanol–water partition coefficient (Wildman–Crippen LogP) is 2.13. The molecule has 0 saturated carbocycles. The first-order chi connectivity index (χ1) is 10.3. The molecule has 0 aliphatic carbocycles. The molecule has 0 N–H and O–H groups in total. The summed E-state index contributed by atoms with van der Waals surface area (Å²) in [4.78, 5) is 13.4. The quantitative estimate of drug-likeness (QED) is 0.727. The van der Waals surface area contributed by atoms with Crippen LogP contribution in [0.15, 0.2) is 53.9 Å². The van der Waals surface area contributed by atoms with Crippen LogP contribution < -0.4 is 0 Å². The van der Waals surface area contributed by atoms with Crippen molar-refractivity contribution >= 4 is 10.8 Å². The van der Waals surface area contributed by atoms with Crippen molar-refractivity contribution in [2.24, 2.45) is 0 Å². The molecule has 6 heteroatoms. The fourth-order valence-corrected chi connectivity index (χ4v) is 3.68. The van der Waals surface area contributed by atoms with Crippen LogP contribution in [-0.4, -0.2) is 29.5 Å². The van der Waals surface area contributed by atoms with Gasteiger partial charge < -0.3 is 4.57 Å². The van der Waals surface area contributed by atoms with Gasteiger partial charge in [0.05, 0.1) is 27.9 Å². The fourth-order valence-electron chi connectivity index (χ4n) is 2.52. The van der Waals surface area contributed by atoms with Gasteiger partial charge in [0, 0.05) is 24.7 Å². The van der Waals surface area contributed by atoms with E-state index in [4.69, 9.17) is 0 Å². The van der Waals surface area contributed by atoms with Crippen molar-refractivity contribution in [2.45, 2.75) is 11.7 Å². The van der Waals surface area contributed by atoms with Gasteiger partial charge in [-0.3, -0.25) is 14.2 Å². The zero-order valence-electron chi connectivity index (χ0n) is 11.1. The Kier molecular flexibility index (Phi) is 2.89. The lowest BCUT2D eigenvalue weighted by Crippen LogP contribution is -1.99. The van der Waals surface area contributed by atoms with Gasteiger partial charge in [-0.25, -0.2) is 4.98 Å². The molecule has 0 aromatic carbocycles. The number of hydrogen-bond donors (Lipinski definition) is 0. The molecular weight excluding hydrogens is 284 g/mol. The lowest BCUT2D eigenvalue weighted by Gasteiger charge is -2.06. The lowest BCUT2D eigenvalue weighted by atomic mass is 10.1. The maximum Gasteiger partial charge on any atom is 0.200 e. The summed E-state index contributed by atoms with van der Waals surface area (Å²) >= 11 is 0. The molecule has 4 heterocycles. The van der Waals surface area contributed by atoms with E-state index in [0.717, 1.165) is 22.8 Å². The van der Waals surface area contributed by atoms with Crippen LogP contribution in [0.2, 0.25) is 0 Å². The van der Waals surface area contributed by atoms with Crippen molar-refractivity contribution in [1.29, 1.82) is 0 Å². The molecule has 1 unspecified atom stereocenters. The average Bonchev–Trinajstić information content (AvgIpc) is 3.09. The second-order valence-electron chi connectivity index (χ2n) is 4.72. The molecule has 0 spiro atoms. The van der Waals surface area contributed by atoms with E-state index < -0.39 is 10.8 Å². The molecule has 0 bridgehead atoms. The second-order valence-corrected chi connectivity index (χ2v) is 6.19. The third-order valence-electron chi connectivity index (χ3n) is 3.45. The first-order valence-electron chi connectivity index (χ1n) is 6.66. The van der Waals surface area contributed by atoms with E-state index in [-0.39, 0.29) is 0 Å². The Morgan fingerprint density at radius 1 is 1.00 bits per heavy atom. The average molecular weight is 296 g/mol. The maximum absolute atomic E-state index is 12.1. The summed E-state index contributed by atoms with van der Waals surface area (Å²) in [5, 5.41) is 0.622. The number of aromatic nitrogens is 4. The first-order valence-corrected chi connectivity index (χ1v) is 7.98. The summed E-state index contributed by atoms with van der Waals surface area (Å²) in [5.74, 6) is 0.616. The van der Waals surface area contributed by atoms with E-state index in [9.17, 15) is 4.21 Å². The normalized spacial score (nSPS) is 16.9. The SMILES string of the molecule is O=S1CCn2c1nc(-c1ccccn1)c2-c1ccccn1. The van der Waals surface area contributed by atoms with Gasteiger partial charge in [0.1, 0.15) is 5.69 Å². The van der Waals surface area contributed by atoms with Crippen molar-refractivity contribution in [2.75, 3.05) is 5.75 Å². The number of imidazole rings is 1. The van der Waals surface area contributed by atoms with E-state index in [1.165, 1.54) is 0 Å². The highest BCUT2D eigenvalue weighted by Crippen LogP contribution is 2.33. The fraction of sp³-hybridized carbons (Fsp3) is 0.133. The highest BCUT2D eigenvalue weighted by molar-refractivity contribution is 7.85. The maximum atomic E-state index is 12.1. The molecule has 104 valence electrons. The van der Waals surface area contributed by atoms with Crippen molar-refractivity contribution in [1.82, 2.24) is 19.5 Å². The molecule has 21 heavy (non-hydrogen) atoms. The largest absolute Gasteiger partial charge is 0.314 e. The Balaban J connectivity index is 2.00. The van der Waals surface area contributed by atoms with Crippen LogP contribution >= 0.6 is 0 Å². The minimum Gasteiger partial charge on any atom is -0.314 e. The molecule has 0 radical (unpaired) electrons. The molecule has 5 nitrogen and oxygen atoms in total. The predicted molar refractivity (Wildman–Crippen MR) is 80.0 cm³/mol. The molecule has 3 aromatic heterocycles. The smallest absolute Gasteiger partial charge is 0.200 e. The molecule has 0 fully saturated rings. The number of fused-ring (bicyclic) bond motifs is 1. The Morgan fingerprint density at radius 2 is 1.71 bits per heavy atom. The second kappa shape index (κ2) is 4.89. The summed E-state index contributed by atoms with van der Waals surface area (Å²) in [5.41, 5.74) is 3.25. The third-order valence-corrected chi connectivity index (χ3v) is 4.72. The van der Waals surface area contributed by atoms with E-state index in [1.807, 2.05) is 41.0 Å². The Bertz CT molecular complexity index is 814. The molecule has 1 atom stereocenters. The minimum atomic E-state index is -1.04. The third kappa shape index (κ3) is 1.99. The van der Waals surface area contributed by atoms with Crippen LogP contribution in [0.4, 0.5) is 0 Å². The monoisotopic (exact) mass is 296 g/mol. The van der Waals surface area contributed by atoms with Gasteiger partial charge in [-0.15, -0.1) is 0 Å². The van der Waals surface area contributed by atoms with E-state index in [1.54, 1.807) is 12.4 Å². The van der Waals surface area contributed by atoms with Crippen molar-refractivity contribution in [3.63, 3.8) is 0 Å². The Hall–Kier alpha value is -2.34. The van der Waals surface area contributed by atoms with Crippen molar-refractivity contribution < 1.29 is 4.21 Å². The standard InChI is InChI=1S/C15H12N4OS/c20-21-10-9-19-14(12-6-2-4-8-17-12)13(18-15(19)21)11-5-1-3-7-16-11/h1-8H,9-10H2. The van der Waals surface area contributed by atoms with Crippen LogP contribution in [0.5, 0.6) is 0 Å². The first kappa shape index (κ1) is 12.4. The van der Waals surface area contributed by atoms with Gasteiger partial charge in [-0.05, 0) is 24.3 Å². The zero-order chi connectivity index (χ0) is 14.2. The molecule has 4 rings (SSSR count). The summed E-state index contributed by atoms with van der Waals surface area (Å²) in [6.45, 7) is 0.702. The van der Waals surface area contributed by atoms with Gasteiger partial charge in [-0.2, -0.15) is 0 Å². The summed E-state index contributed by atoms with van der Waals surface area (Å²) in [6.07, 6.45) is 3.49. The lowest BCUT2D eigenvalue weighted by molar-refractivity contribution is 0.680. The molecule has 0 amide bonds. The topological polar surface area (TPSA) is 60.7 Å². The van der Waals surface area contributed by atoms with Gasteiger partial charge in [0.15, 0.2) is 5.16 Å². The molecule has 1 aliphatic rings. The van der Waals surface area contributed by atoms with Crippen LogP contribution in [0.25, 0.3) is 22.8 Å². The molecule has 1 aliphatic heterocycles. The highest BCUT2D eigenvalue weighted by atomic mass is 32.2. The van der Waals surface area contributed by atoms with E-state index in [2.05, 4.69) is 15.0 Å².